The van der Waals surface area contributed by atoms with Crippen LogP contribution in [0.3, 0.4) is 0 Å². The molecule has 100 valence electrons. The number of methoxy groups -OCH3 is 1. The molecule has 0 spiro atoms. The van der Waals surface area contributed by atoms with E-state index < -0.39 is 22.0 Å². The average molecular weight is 257 g/mol. The maximum absolute atomic E-state index is 13.6. The summed E-state index contributed by atoms with van der Waals surface area (Å²) in [5.74, 6) is -0.743. The third-order valence-corrected chi connectivity index (χ3v) is 2.19. The van der Waals surface area contributed by atoms with Crippen molar-refractivity contribution in [1.82, 2.24) is 0 Å². The van der Waals surface area contributed by atoms with E-state index in [1.165, 1.54) is 13.2 Å². The van der Waals surface area contributed by atoms with Gasteiger partial charge in [-0.3, -0.25) is 10.1 Å². The first-order valence-corrected chi connectivity index (χ1v) is 5.29. The normalized spacial score (nSPS) is 11.2. The van der Waals surface area contributed by atoms with Crippen molar-refractivity contribution >= 4 is 11.4 Å². The first-order chi connectivity index (χ1) is 8.24. The molecule has 18 heavy (non-hydrogen) atoms. The van der Waals surface area contributed by atoms with Crippen molar-refractivity contribution in [2.24, 2.45) is 5.73 Å². The molecule has 0 bridgehead atoms. The molecule has 1 aromatic carbocycles. The second-order valence-electron chi connectivity index (χ2n) is 4.60. The molecule has 0 aliphatic rings. The Labute approximate surface area is 104 Å². The predicted molar refractivity (Wildman–Crippen MR) is 66.4 cm³/mol. The van der Waals surface area contributed by atoms with E-state index >= 15 is 0 Å². The van der Waals surface area contributed by atoms with E-state index in [1.54, 1.807) is 13.8 Å². The third kappa shape index (κ3) is 3.56. The highest BCUT2D eigenvalue weighted by molar-refractivity contribution is 5.65. The standard InChI is InChI=1S/C11H16FN3O3/c1-11(2,13)6-14-9-5-7(18-3)4-8(12)10(9)15(16)17/h4-5,14H,6,13H2,1-3H3. The highest BCUT2D eigenvalue weighted by Gasteiger charge is 2.23. The van der Waals surface area contributed by atoms with E-state index in [0.29, 0.717) is 0 Å². The number of benzene rings is 1. The van der Waals surface area contributed by atoms with E-state index in [1.807, 2.05) is 0 Å². The molecule has 0 unspecified atom stereocenters. The Hall–Kier alpha value is -1.89. The molecule has 0 heterocycles. The van der Waals surface area contributed by atoms with Crippen LogP contribution in [-0.4, -0.2) is 24.1 Å². The van der Waals surface area contributed by atoms with Crippen molar-refractivity contribution in [1.29, 1.82) is 0 Å². The summed E-state index contributed by atoms with van der Waals surface area (Å²) in [7, 11) is 1.36. The molecule has 0 radical (unpaired) electrons. The van der Waals surface area contributed by atoms with E-state index in [-0.39, 0.29) is 18.0 Å². The van der Waals surface area contributed by atoms with Crippen LogP contribution in [0.1, 0.15) is 13.8 Å². The number of halogens is 1. The van der Waals surface area contributed by atoms with Crippen molar-refractivity contribution < 1.29 is 14.1 Å². The number of nitrogens with two attached hydrogens (primary N) is 1. The minimum Gasteiger partial charge on any atom is -0.497 e. The second kappa shape index (κ2) is 5.18. The Morgan fingerprint density at radius 2 is 2.17 bits per heavy atom. The van der Waals surface area contributed by atoms with E-state index in [0.717, 1.165) is 6.07 Å². The van der Waals surface area contributed by atoms with Gasteiger partial charge in [0.15, 0.2) is 0 Å². The molecule has 0 aliphatic carbocycles. The zero-order valence-electron chi connectivity index (χ0n) is 10.5. The number of hydrogen-bond acceptors (Lipinski definition) is 5. The predicted octanol–water partition coefficient (Wildman–Crippen LogP) is 1.89. The fourth-order valence-electron chi connectivity index (χ4n) is 1.34. The molecule has 7 heteroatoms. The van der Waals surface area contributed by atoms with Gasteiger partial charge < -0.3 is 15.8 Å². The molecule has 6 nitrogen and oxygen atoms in total. The van der Waals surface area contributed by atoms with Crippen molar-refractivity contribution in [3.63, 3.8) is 0 Å². The summed E-state index contributed by atoms with van der Waals surface area (Å²) in [6.45, 7) is 3.77. The first-order valence-electron chi connectivity index (χ1n) is 5.29. The van der Waals surface area contributed by atoms with Crippen LogP contribution in [0, 0.1) is 15.9 Å². The van der Waals surface area contributed by atoms with Crippen molar-refractivity contribution in [2.75, 3.05) is 19.0 Å². The van der Waals surface area contributed by atoms with Crippen LogP contribution in [0.2, 0.25) is 0 Å². The number of ether oxygens (including phenoxy) is 1. The van der Waals surface area contributed by atoms with Crippen LogP contribution in [0.4, 0.5) is 15.8 Å². The van der Waals surface area contributed by atoms with E-state index in [4.69, 9.17) is 10.5 Å². The number of nitrogens with one attached hydrogen (secondary N) is 1. The van der Waals surface area contributed by atoms with E-state index in [9.17, 15) is 14.5 Å². The molecular weight excluding hydrogens is 241 g/mol. The third-order valence-electron chi connectivity index (χ3n) is 2.19. The molecule has 0 aromatic heterocycles. The minimum atomic E-state index is -0.948. The molecule has 3 N–H and O–H groups in total. The maximum Gasteiger partial charge on any atom is 0.327 e. The number of rotatable bonds is 5. The lowest BCUT2D eigenvalue weighted by Crippen LogP contribution is -2.39. The molecule has 0 fully saturated rings. The topological polar surface area (TPSA) is 90.4 Å². The van der Waals surface area contributed by atoms with Crippen LogP contribution in [0.15, 0.2) is 12.1 Å². The number of nitro benzene ring substituents is 1. The summed E-state index contributed by atoms with van der Waals surface area (Å²) in [5.41, 5.74) is 4.62. The molecule has 0 amide bonds. The molecule has 1 aromatic rings. The monoisotopic (exact) mass is 257 g/mol. The molecule has 0 atom stereocenters. The van der Waals surface area contributed by atoms with Gasteiger partial charge in [0, 0.05) is 24.2 Å². The lowest BCUT2D eigenvalue weighted by atomic mass is 10.1. The second-order valence-corrected chi connectivity index (χ2v) is 4.60. The fraction of sp³-hybridized carbons (Fsp3) is 0.455. The number of nitro groups is 1. The van der Waals surface area contributed by atoms with Crippen LogP contribution < -0.4 is 15.8 Å². The van der Waals surface area contributed by atoms with Crippen LogP contribution in [0.25, 0.3) is 0 Å². The van der Waals surface area contributed by atoms with Crippen LogP contribution in [-0.2, 0) is 0 Å². The Balaban J connectivity index is 3.13. The van der Waals surface area contributed by atoms with Crippen LogP contribution >= 0.6 is 0 Å². The Morgan fingerprint density at radius 1 is 1.56 bits per heavy atom. The van der Waals surface area contributed by atoms with Crippen molar-refractivity contribution in [2.45, 2.75) is 19.4 Å². The fourth-order valence-corrected chi connectivity index (χ4v) is 1.34. The highest BCUT2D eigenvalue weighted by Crippen LogP contribution is 2.32. The van der Waals surface area contributed by atoms with Crippen LogP contribution in [0.5, 0.6) is 5.75 Å². The van der Waals surface area contributed by atoms with Gasteiger partial charge in [0.1, 0.15) is 11.4 Å². The largest absolute Gasteiger partial charge is 0.497 e. The molecule has 0 saturated carbocycles. The first kappa shape index (κ1) is 14.2. The summed E-state index contributed by atoms with van der Waals surface area (Å²) in [6.07, 6.45) is 0. The van der Waals surface area contributed by atoms with Gasteiger partial charge in [0.05, 0.1) is 12.0 Å². The summed E-state index contributed by atoms with van der Waals surface area (Å²) in [5, 5.41) is 13.6. The zero-order chi connectivity index (χ0) is 13.9. The Morgan fingerprint density at radius 3 is 2.61 bits per heavy atom. The zero-order valence-corrected chi connectivity index (χ0v) is 10.5. The van der Waals surface area contributed by atoms with Crippen molar-refractivity contribution in [3.05, 3.63) is 28.1 Å². The van der Waals surface area contributed by atoms with E-state index in [2.05, 4.69) is 5.32 Å². The van der Waals surface area contributed by atoms with Gasteiger partial charge in [0.2, 0.25) is 5.82 Å². The SMILES string of the molecule is COc1cc(F)c([N+](=O)[O-])c(NCC(C)(C)N)c1. The van der Waals surface area contributed by atoms with Gasteiger partial charge >= 0.3 is 5.69 Å². The molecule has 0 saturated heterocycles. The summed E-state index contributed by atoms with van der Waals surface area (Å²) in [4.78, 5) is 10.0. The van der Waals surface area contributed by atoms with Gasteiger partial charge in [-0.25, -0.2) is 0 Å². The van der Waals surface area contributed by atoms with Gasteiger partial charge in [-0.2, -0.15) is 4.39 Å². The van der Waals surface area contributed by atoms with Gasteiger partial charge in [-0.15, -0.1) is 0 Å². The number of hydrogen-bond donors (Lipinski definition) is 2. The summed E-state index contributed by atoms with van der Waals surface area (Å²) < 4.78 is 18.4. The Bertz CT molecular complexity index is 458. The summed E-state index contributed by atoms with van der Waals surface area (Å²) in [6, 6.07) is 2.34. The lowest BCUT2D eigenvalue weighted by molar-refractivity contribution is -0.386. The van der Waals surface area contributed by atoms with Crippen molar-refractivity contribution in [3.8, 4) is 5.75 Å². The average Bonchev–Trinajstić information content (AvgIpc) is 2.23. The van der Waals surface area contributed by atoms with Gasteiger partial charge in [-0.05, 0) is 13.8 Å². The number of nitrogens with zero attached hydrogens (tertiary/aromatic N) is 1. The maximum atomic E-state index is 13.6. The quantitative estimate of drug-likeness (QED) is 0.621. The Kier molecular flexibility index (Phi) is 4.07. The smallest absolute Gasteiger partial charge is 0.327 e. The number of anilines is 1. The lowest BCUT2D eigenvalue weighted by Gasteiger charge is -2.20. The minimum absolute atomic E-state index is 0.0513. The van der Waals surface area contributed by atoms with Gasteiger partial charge in [0.25, 0.3) is 0 Å². The molecular formula is C11H16FN3O3. The highest BCUT2D eigenvalue weighted by atomic mass is 19.1. The van der Waals surface area contributed by atoms with Gasteiger partial charge in [-0.1, -0.05) is 0 Å². The molecule has 0 aliphatic heterocycles. The summed E-state index contributed by atoms with van der Waals surface area (Å²) >= 11 is 0. The molecule has 1 rings (SSSR count).